The van der Waals surface area contributed by atoms with Crippen molar-refractivity contribution in [3.8, 4) is 0 Å². The Balaban J connectivity index is 3.13. The maximum Gasteiger partial charge on any atom is 0.0773 e. The summed E-state index contributed by atoms with van der Waals surface area (Å²) in [5.74, 6) is 0.846. The van der Waals surface area contributed by atoms with Crippen LogP contribution in [0.2, 0.25) is 0 Å². The second-order valence-electron chi connectivity index (χ2n) is 6.86. The van der Waals surface area contributed by atoms with Gasteiger partial charge >= 0.3 is 0 Å². The molecule has 0 radical (unpaired) electrons. The molecule has 0 aromatic heterocycles. The van der Waals surface area contributed by atoms with E-state index in [0.29, 0.717) is 26.4 Å². The Kier molecular flexibility index (Phi) is 18.1. The summed E-state index contributed by atoms with van der Waals surface area (Å²) in [6.07, 6.45) is 12.2. The average molecular weight is 333 g/mol. The molecule has 0 aliphatic rings. The van der Waals surface area contributed by atoms with Crippen LogP contribution in [0.15, 0.2) is 0 Å². The molecular formula is C19H40O4. The lowest BCUT2D eigenvalue weighted by Gasteiger charge is -2.11. The number of rotatable bonds is 18. The van der Waals surface area contributed by atoms with Crippen LogP contribution in [0.4, 0.5) is 0 Å². The van der Waals surface area contributed by atoms with E-state index in [0.717, 1.165) is 18.8 Å². The first-order chi connectivity index (χ1) is 11.2. The van der Waals surface area contributed by atoms with E-state index in [1.54, 1.807) is 0 Å². The molecule has 0 aliphatic heterocycles. The molecule has 0 aromatic rings. The van der Waals surface area contributed by atoms with Gasteiger partial charge in [-0.25, -0.2) is 0 Å². The first-order valence-electron chi connectivity index (χ1n) is 9.61. The Hall–Kier alpha value is -0.160. The summed E-state index contributed by atoms with van der Waals surface area (Å²) in [6, 6.07) is 0. The molecule has 4 heteroatoms. The van der Waals surface area contributed by atoms with Gasteiger partial charge in [-0.1, -0.05) is 71.6 Å². The van der Waals surface area contributed by atoms with Crippen molar-refractivity contribution in [2.45, 2.75) is 84.2 Å². The fourth-order valence-corrected chi connectivity index (χ4v) is 2.58. The van der Waals surface area contributed by atoms with Crippen molar-refractivity contribution in [2.24, 2.45) is 5.92 Å². The van der Waals surface area contributed by atoms with Gasteiger partial charge < -0.3 is 19.7 Å². The van der Waals surface area contributed by atoms with Gasteiger partial charge in [0, 0.05) is 0 Å². The molecule has 0 saturated heterocycles. The van der Waals surface area contributed by atoms with Gasteiger partial charge in [0.05, 0.1) is 39.1 Å². The summed E-state index contributed by atoms with van der Waals surface area (Å²) >= 11 is 0. The molecule has 0 aromatic carbocycles. The predicted octanol–water partition coefficient (Wildman–Crippen LogP) is 3.93. The van der Waals surface area contributed by atoms with Crippen LogP contribution in [0.25, 0.3) is 0 Å². The van der Waals surface area contributed by atoms with Crippen LogP contribution in [0.3, 0.4) is 0 Å². The first-order valence-corrected chi connectivity index (χ1v) is 9.61. The molecule has 1 unspecified atom stereocenters. The minimum atomic E-state index is -0.358. The summed E-state index contributed by atoms with van der Waals surface area (Å²) in [5.41, 5.74) is 0. The van der Waals surface area contributed by atoms with Gasteiger partial charge in [-0.2, -0.15) is 0 Å². The standard InChI is InChI=1S/C19H40O4/c1-18(2)11-9-7-5-3-4-6-8-10-12-19(21)17-23-16-15-22-14-13-20/h18-21H,3-17H2,1-2H3. The third-order valence-electron chi connectivity index (χ3n) is 3.99. The number of ether oxygens (including phenoxy) is 2. The summed E-state index contributed by atoms with van der Waals surface area (Å²) in [5, 5.41) is 18.3. The lowest BCUT2D eigenvalue weighted by atomic mass is 10.0. The van der Waals surface area contributed by atoms with Crippen LogP contribution in [-0.2, 0) is 9.47 Å². The number of hydrogen-bond donors (Lipinski definition) is 2. The van der Waals surface area contributed by atoms with Crippen molar-refractivity contribution in [3.63, 3.8) is 0 Å². The second kappa shape index (κ2) is 18.2. The molecular weight excluding hydrogens is 292 g/mol. The third-order valence-corrected chi connectivity index (χ3v) is 3.99. The fourth-order valence-electron chi connectivity index (χ4n) is 2.58. The van der Waals surface area contributed by atoms with E-state index in [1.165, 1.54) is 51.4 Å². The van der Waals surface area contributed by atoms with Crippen molar-refractivity contribution in [2.75, 3.05) is 33.0 Å². The molecule has 0 amide bonds. The van der Waals surface area contributed by atoms with Crippen molar-refractivity contribution in [3.05, 3.63) is 0 Å². The summed E-state index contributed by atoms with van der Waals surface area (Å²) < 4.78 is 10.4. The van der Waals surface area contributed by atoms with Crippen LogP contribution in [0, 0.1) is 5.92 Å². The van der Waals surface area contributed by atoms with E-state index >= 15 is 0 Å². The molecule has 0 heterocycles. The fraction of sp³-hybridized carbons (Fsp3) is 1.00. The van der Waals surface area contributed by atoms with Gasteiger partial charge in [0.15, 0.2) is 0 Å². The molecule has 0 fully saturated rings. The molecule has 23 heavy (non-hydrogen) atoms. The highest BCUT2D eigenvalue weighted by atomic mass is 16.5. The monoisotopic (exact) mass is 332 g/mol. The predicted molar refractivity (Wildman–Crippen MR) is 95.7 cm³/mol. The van der Waals surface area contributed by atoms with E-state index in [-0.39, 0.29) is 12.7 Å². The second-order valence-corrected chi connectivity index (χ2v) is 6.86. The van der Waals surface area contributed by atoms with Crippen LogP contribution in [0.1, 0.15) is 78.1 Å². The maximum atomic E-state index is 9.79. The Morgan fingerprint density at radius 2 is 1.22 bits per heavy atom. The number of aliphatic hydroxyl groups excluding tert-OH is 2. The SMILES string of the molecule is CC(C)CCCCCCCCCCC(O)COCCOCCO. The molecule has 0 saturated carbocycles. The summed E-state index contributed by atoms with van der Waals surface area (Å²) in [7, 11) is 0. The zero-order chi connectivity index (χ0) is 17.2. The van der Waals surface area contributed by atoms with Gasteiger partial charge in [-0.3, -0.25) is 0 Å². The van der Waals surface area contributed by atoms with E-state index in [4.69, 9.17) is 14.6 Å². The van der Waals surface area contributed by atoms with Crippen molar-refractivity contribution < 1.29 is 19.7 Å². The smallest absolute Gasteiger partial charge is 0.0773 e. The van der Waals surface area contributed by atoms with Crippen LogP contribution in [-0.4, -0.2) is 49.4 Å². The highest BCUT2D eigenvalue weighted by Gasteiger charge is 2.04. The molecule has 1 atom stereocenters. The largest absolute Gasteiger partial charge is 0.394 e. The van der Waals surface area contributed by atoms with Gasteiger partial charge in [0.2, 0.25) is 0 Å². The van der Waals surface area contributed by atoms with Crippen LogP contribution in [0.5, 0.6) is 0 Å². The molecule has 140 valence electrons. The highest BCUT2D eigenvalue weighted by molar-refractivity contribution is 4.55. The van der Waals surface area contributed by atoms with Gasteiger partial charge in [0.25, 0.3) is 0 Å². The molecule has 4 nitrogen and oxygen atoms in total. The highest BCUT2D eigenvalue weighted by Crippen LogP contribution is 2.13. The van der Waals surface area contributed by atoms with E-state index in [2.05, 4.69) is 13.8 Å². The topological polar surface area (TPSA) is 58.9 Å². The average Bonchev–Trinajstić information content (AvgIpc) is 2.52. The van der Waals surface area contributed by atoms with E-state index in [1.807, 2.05) is 0 Å². The lowest BCUT2D eigenvalue weighted by Crippen LogP contribution is -2.17. The minimum absolute atomic E-state index is 0.0422. The molecule has 0 rings (SSSR count). The molecule has 0 spiro atoms. The molecule has 0 aliphatic carbocycles. The Morgan fingerprint density at radius 1 is 0.696 bits per heavy atom. The van der Waals surface area contributed by atoms with Gasteiger partial charge in [-0.05, 0) is 12.3 Å². The Morgan fingerprint density at radius 3 is 1.78 bits per heavy atom. The normalized spacial score (nSPS) is 12.9. The molecule has 2 N–H and O–H groups in total. The van der Waals surface area contributed by atoms with Crippen molar-refractivity contribution >= 4 is 0 Å². The Labute approximate surface area is 143 Å². The number of unbranched alkanes of at least 4 members (excludes halogenated alkanes) is 7. The number of hydrogen-bond acceptors (Lipinski definition) is 4. The van der Waals surface area contributed by atoms with Gasteiger partial charge in [0.1, 0.15) is 0 Å². The van der Waals surface area contributed by atoms with E-state index < -0.39 is 0 Å². The van der Waals surface area contributed by atoms with Gasteiger partial charge in [-0.15, -0.1) is 0 Å². The number of aliphatic hydroxyl groups is 2. The zero-order valence-electron chi connectivity index (χ0n) is 15.5. The lowest BCUT2D eigenvalue weighted by molar-refractivity contribution is -0.00465. The van der Waals surface area contributed by atoms with Crippen molar-refractivity contribution in [1.29, 1.82) is 0 Å². The summed E-state index contributed by atoms with van der Waals surface area (Å²) in [6.45, 7) is 6.33. The minimum Gasteiger partial charge on any atom is -0.394 e. The van der Waals surface area contributed by atoms with Crippen molar-refractivity contribution in [1.82, 2.24) is 0 Å². The van der Waals surface area contributed by atoms with Crippen LogP contribution < -0.4 is 0 Å². The van der Waals surface area contributed by atoms with Crippen LogP contribution >= 0.6 is 0 Å². The van der Waals surface area contributed by atoms with E-state index in [9.17, 15) is 5.11 Å². The zero-order valence-corrected chi connectivity index (χ0v) is 15.5. The maximum absolute atomic E-state index is 9.79. The quantitative estimate of drug-likeness (QED) is 0.373. The molecule has 0 bridgehead atoms. The summed E-state index contributed by atoms with van der Waals surface area (Å²) in [4.78, 5) is 0. The Bertz CT molecular complexity index is 221. The third kappa shape index (κ3) is 19.8. The first kappa shape index (κ1) is 22.8.